The largest absolute Gasteiger partial charge is 0.508 e. The highest BCUT2D eigenvalue weighted by Crippen LogP contribution is 2.28. The molecule has 2 heterocycles. The molecular formula is C12H15ClN2O3. The topological polar surface area (TPSA) is 112 Å². The summed E-state index contributed by atoms with van der Waals surface area (Å²) >= 11 is 0. The van der Waals surface area contributed by atoms with Crippen LogP contribution in [0.15, 0.2) is 30.5 Å². The van der Waals surface area contributed by atoms with Crippen LogP contribution in [0.4, 0.5) is 0 Å². The number of aromatic nitrogens is 2. The Kier molecular flexibility index (Phi) is 5.11. The van der Waals surface area contributed by atoms with Crippen molar-refractivity contribution in [3.05, 3.63) is 36.2 Å². The van der Waals surface area contributed by atoms with Crippen molar-refractivity contribution in [2.24, 2.45) is 0 Å². The van der Waals surface area contributed by atoms with E-state index in [1.807, 2.05) is 19.1 Å². The summed E-state index contributed by atoms with van der Waals surface area (Å²) in [6.07, 6.45) is 1.80. The number of benzene rings is 1. The quantitative estimate of drug-likeness (QED) is 0.645. The molecule has 18 heavy (non-hydrogen) atoms. The number of H-pyrrole nitrogens is 1. The van der Waals surface area contributed by atoms with Gasteiger partial charge in [-0.25, -0.2) is 0 Å². The van der Waals surface area contributed by atoms with Crippen LogP contribution in [-0.2, 0) is 0 Å². The number of rotatable bonds is 0. The fourth-order valence-electron chi connectivity index (χ4n) is 1.95. The van der Waals surface area contributed by atoms with E-state index in [1.54, 1.807) is 18.3 Å². The number of aromatic hydroxyl groups is 1. The number of nitrogens with zero attached hydrogens (tertiary/aromatic N) is 1. The molecule has 0 aliphatic heterocycles. The summed E-state index contributed by atoms with van der Waals surface area (Å²) < 4.78 is 0. The molecule has 0 atom stereocenters. The monoisotopic (exact) mass is 270 g/mol. The molecule has 0 amide bonds. The van der Waals surface area contributed by atoms with Gasteiger partial charge in [0.15, 0.2) is 0 Å². The Morgan fingerprint density at radius 3 is 2.56 bits per heavy atom. The maximum absolute atomic E-state index is 9.39. The van der Waals surface area contributed by atoms with Gasteiger partial charge in [0, 0.05) is 23.0 Å². The fourth-order valence-corrected chi connectivity index (χ4v) is 1.95. The van der Waals surface area contributed by atoms with E-state index < -0.39 is 0 Å². The van der Waals surface area contributed by atoms with Crippen molar-refractivity contribution in [1.82, 2.24) is 9.97 Å². The molecule has 0 saturated heterocycles. The van der Waals surface area contributed by atoms with Crippen molar-refractivity contribution in [3.8, 4) is 5.75 Å². The first-order chi connectivity index (χ1) is 7.25. The summed E-state index contributed by atoms with van der Waals surface area (Å²) in [5, 5.41) is 11.7. The standard InChI is InChI=1S/C12H10N2O.ClH.2H2O/c1-7-12-10(4-5-13-7)9-3-2-8(15)6-11(9)14-12;;;/h2-6,14-15H,1H3;1H;2*1H2. The Balaban J connectivity index is 0.000000963. The lowest BCUT2D eigenvalue weighted by atomic mass is 10.1. The smallest absolute Gasteiger partial charge is 0.117 e. The Morgan fingerprint density at radius 1 is 1.11 bits per heavy atom. The van der Waals surface area contributed by atoms with Crippen LogP contribution in [0.1, 0.15) is 5.69 Å². The molecule has 2 aromatic heterocycles. The fraction of sp³-hybridized carbons (Fsp3) is 0.0833. The molecule has 0 bridgehead atoms. The van der Waals surface area contributed by atoms with E-state index in [-0.39, 0.29) is 29.1 Å². The number of hydrogen-bond donors (Lipinski definition) is 2. The van der Waals surface area contributed by atoms with Crippen molar-refractivity contribution < 1.29 is 16.1 Å². The number of hydrogen-bond acceptors (Lipinski definition) is 2. The summed E-state index contributed by atoms with van der Waals surface area (Å²) in [6, 6.07) is 7.33. The number of nitrogens with one attached hydrogen (secondary N) is 1. The summed E-state index contributed by atoms with van der Waals surface area (Å²) in [5.41, 5.74) is 2.96. The van der Waals surface area contributed by atoms with E-state index in [9.17, 15) is 5.11 Å². The van der Waals surface area contributed by atoms with E-state index >= 15 is 0 Å². The number of pyridine rings is 1. The molecule has 5 nitrogen and oxygen atoms in total. The van der Waals surface area contributed by atoms with Gasteiger partial charge in [0.2, 0.25) is 0 Å². The predicted octanol–water partition coefficient (Wildman–Crippen LogP) is 1.50. The van der Waals surface area contributed by atoms with E-state index in [4.69, 9.17) is 0 Å². The molecule has 3 rings (SSSR count). The molecule has 98 valence electrons. The molecule has 6 heteroatoms. The van der Waals surface area contributed by atoms with Gasteiger partial charge in [-0.05, 0) is 25.1 Å². The van der Waals surface area contributed by atoms with E-state index in [1.165, 1.54) is 0 Å². The third-order valence-electron chi connectivity index (χ3n) is 2.69. The SMILES string of the molecule is Cc1nccc2c1[nH]c1cc(O)ccc12.Cl.O.O. The zero-order valence-electron chi connectivity index (χ0n) is 9.69. The molecule has 3 aromatic rings. The van der Waals surface area contributed by atoms with Gasteiger partial charge in [0.1, 0.15) is 5.75 Å². The first-order valence-corrected chi connectivity index (χ1v) is 4.82. The number of halogens is 1. The molecule has 6 N–H and O–H groups in total. The lowest BCUT2D eigenvalue weighted by Crippen LogP contribution is -1.79. The predicted molar refractivity (Wildman–Crippen MR) is 74.5 cm³/mol. The third-order valence-corrected chi connectivity index (χ3v) is 2.69. The molecule has 0 aliphatic carbocycles. The van der Waals surface area contributed by atoms with Crippen LogP contribution in [0.25, 0.3) is 21.8 Å². The lowest BCUT2D eigenvalue weighted by molar-refractivity contribution is 0.476. The van der Waals surface area contributed by atoms with E-state index in [0.29, 0.717) is 0 Å². The number of phenols is 1. The lowest BCUT2D eigenvalue weighted by Gasteiger charge is -1.93. The molecular weight excluding hydrogens is 256 g/mol. The van der Waals surface area contributed by atoms with Crippen molar-refractivity contribution in [2.75, 3.05) is 0 Å². The van der Waals surface area contributed by atoms with Gasteiger partial charge in [0.05, 0.1) is 16.7 Å². The average molecular weight is 271 g/mol. The molecule has 0 spiro atoms. The normalized spacial score (nSPS) is 9.39. The summed E-state index contributed by atoms with van der Waals surface area (Å²) in [4.78, 5) is 7.50. The molecule has 0 unspecified atom stereocenters. The Bertz CT molecular complexity index is 667. The van der Waals surface area contributed by atoms with Crippen LogP contribution >= 0.6 is 12.4 Å². The van der Waals surface area contributed by atoms with Crippen LogP contribution in [0, 0.1) is 6.92 Å². The highest BCUT2D eigenvalue weighted by molar-refractivity contribution is 6.08. The summed E-state index contributed by atoms with van der Waals surface area (Å²) in [6.45, 7) is 1.97. The number of aromatic amines is 1. The minimum Gasteiger partial charge on any atom is -0.508 e. The van der Waals surface area contributed by atoms with Gasteiger partial charge in [-0.3, -0.25) is 4.98 Å². The second-order valence-corrected chi connectivity index (χ2v) is 3.67. The number of phenolic OH excluding ortho intramolecular Hbond substituents is 1. The van der Waals surface area contributed by atoms with Crippen molar-refractivity contribution >= 4 is 34.2 Å². The van der Waals surface area contributed by atoms with Crippen LogP contribution in [-0.4, -0.2) is 26.0 Å². The van der Waals surface area contributed by atoms with Gasteiger partial charge in [-0.15, -0.1) is 12.4 Å². The molecule has 0 fully saturated rings. The first kappa shape index (κ1) is 16.2. The minimum absolute atomic E-state index is 0. The maximum atomic E-state index is 9.39. The van der Waals surface area contributed by atoms with Crippen molar-refractivity contribution in [1.29, 1.82) is 0 Å². The van der Waals surface area contributed by atoms with Crippen LogP contribution in [0.2, 0.25) is 0 Å². The Hall–Kier alpha value is -1.82. The zero-order chi connectivity index (χ0) is 10.4. The van der Waals surface area contributed by atoms with Crippen LogP contribution in [0.3, 0.4) is 0 Å². The second-order valence-electron chi connectivity index (χ2n) is 3.67. The van der Waals surface area contributed by atoms with Crippen molar-refractivity contribution in [3.63, 3.8) is 0 Å². The van der Waals surface area contributed by atoms with Gasteiger partial charge < -0.3 is 21.0 Å². The summed E-state index contributed by atoms with van der Waals surface area (Å²) in [5.74, 6) is 0.277. The van der Waals surface area contributed by atoms with Crippen LogP contribution < -0.4 is 0 Å². The maximum Gasteiger partial charge on any atom is 0.117 e. The molecule has 0 saturated carbocycles. The Labute approximate surface area is 109 Å². The number of fused-ring (bicyclic) bond motifs is 3. The van der Waals surface area contributed by atoms with Gasteiger partial charge in [0.25, 0.3) is 0 Å². The minimum atomic E-state index is 0. The number of aryl methyl sites for hydroxylation is 1. The van der Waals surface area contributed by atoms with Gasteiger partial charge >= 0.3 is 0 Å². The molecule has 0 radical (unpaired) electrons. The zero-order valence-corrected chi connectivity index (χ0v) is 10.5. The summed E-state index contributed by atoms with van der Waals surface area (Å²) in [7, 11) is 0. The first-order valence-electron chi connectivity index (χ1n) is 4.82. The second kappa shape index (κ2) is 5.68. The van der Waals surface area contributed by atoms with Crippen molar-refractivity contribution in [2.45, 2.75) is 6.92 Å². The van der Waals surface area contributed by atoms with Gasteiger partial charge in [-0.1, -0.05) is 0 Å². The van der Waals surface area contributed by atoms with Crippen LogP contribution in [0.5, 0.6) is 5.75 Å². The Morgan fingerprint density at radius 2 is 1.83 bits per heavy atom. The average Bonchev–Trinajstić information content (AvgIpc) is 2.57. The highest BCUT2D eigenvalue weighted by atomic mass is 35.5. The molecule has 1 aromatic carbocycles. The van der Waals surface area contributed by atoms with Gasteiger partial charge in [-0.2, -0.15) is 0 Å². The van der Waals surface area contributed by atoms with E-state index in [2.05, 4.69) is 9.97 Å². The molecule has 0 aliphatic rings. The van der Waals surface area contributed by atoms with E-state index in [0.717, 1.165) is 27.5 Å². The highest BCUT2D eigenvalue weighted by Gasteiger charge is 2.06. The third kappa shape index (κ3) is 2.24.